The Morgan fingerprint density at radius 1 is 1.24 bits per heavy atom. The van der Waals surface area contributed by atoms with Crippen LogP contribution in [-0.2, 0) is 6.54 Å². The van der Waals surface area contributed by atoms with E-state index in [4.69, 9.17) is 5.73 Å². The number of para-hydroxylation sites is 1. The summed E-state index contributed by atoms with van der Waals surface area (Å²) in [6, 6.07) is 11.9. The minimum atomic E-state index is -0.471. The number of likely N-dealkylation sites (tertiary alicyclic amines) is 1. The molecule has 0 amide bonds. The van der Waals surface area contributed by atoms with Crippen molar-refractivity contribution in [3.8, 4) is 0 Å². The van der Waals surface area contributed by atoms with Gasteiger partial charge in [0, 0.05) is 37.6 Å². The molecule has 0 spiro atoms. The van der Waals surface area contributed by atoms with Crippen LogP contribution in [-0.4, -0.2) is 49.8 Å². The molecule has 7 heteroatoms. The first-order valence-electron chi connectivity index (χ1n) is 8.50. The lowest BCUT2D eigenvalue weighted by atomic mass is 10.0. The number of β-amino-alcohol motifs (C(OH)–C–C–N with tert-alkyl or cyclic N) is 1. The summed E-state index contributed by atoms with van der Waals surface area (Å²) in [6.45, 7) is 2.20. The number of rotatable bonds is 4. The van der Waals surface area contributed by atoms with Crippen molar-refractivity contribution in [2.75, 3.05) is 18.4 Å². The first-order valence-corrected chi connectivity index (χ1v) is 8.50. The van der Waals surface area contributed by atoms with Crippen molar-refractivity contribution in [1.82, 2.24) is 19.5 Å². The number of aliphatic hydroxyl groups is 1. The van der Waals surface area contributed by atoms with Crippen molar-refractivity contribution in [2.45, 2.75) is 25.1 Å². The molecule has 3 heterocycles. The average molecular weight is 338 g/mol. The Bertz CT molecular complexity index is 849. The average Bonchev–Trinajstić information content (AvgIpc) is 3.03. The Morgan fingerprint density at radius 2 is 2.08 bits per heavy atom. The summed E-state index contributed by atoms with van der Waals surface area (Å²) in [5, 5.41) is 17.7. The van der Waals surface area contributed by atoms with Gasteiger partial charge in [-0.2, -0.15) is 5.10 Å². The van der Waals surface area contributed by atoms with E-state index in [9.17, 15) is 5.11 Å². The first kappa shape index (κ1) is 16.0. The number of fused-ring (bicyclic) bond motifs is 1. The van der Waals surface area contributed by atoms with Crippen molar-refractivity contribution >= 4 is 17.0 Å². The topological polar surface area (TPSA) is 91.7 Å². The number of hydrogen-bond donors (Lipinski definition) is 3. The van der Waals surface area contributed by atoms with Crippen LogP contribution in [0.3, 0.4) is 0 Å². The largest absolute Gasteiger partial charge is 0.390 e. The van der Waals surface area contributed by atoms with Crippen LogP contribution in [0.15, 0.2) is 48.9 Å². The summed E-state index contributed by atoms with van der Waals surface area (Å²) in [7, 11) is 0. The Kier molecular flexibility index (Phi) is 4.35. The molecule has 0 radical (unpaired) electrons. The number of hydrogen-bond acceptors (Lipinski definition) is 6. The highest BCUT2D eigenvalue weighted by atomic mass is 16.3. The van der Waals surface area contributed by atoms with Crippen LogP contribution in [0, 0.1) is 0 Å². The summed E-state index contributed by atoms with van der Waals surface area (Å²) in [5.41, 5.74) is 8.97. The van der Waals surface area contributed by atoms with Gasteiger partial charge in [-0.3, -0.25) is 4.90 Å². The Balaban J connectivity index is 1.61. The lowest BCUT2D eigenvalue weighted by molar-refractivity contribution is 0.0501. The summed E-state index contributed by atoms with van der Waals surface area (Å²) >= 11 is 0. The molecule has 2 atom stereocenters. The van der Waals surface area contributed by atoms with Gasteiger partial charge in [0.25, 0.3) is 0 Å². The number of nitrogens with two attached hydrogens (primary N) is 1. The van der Waals surface area contributed by atoms with Crippen LogP contribution in [0.2, 0.25) is 0 Å². The fraction of sp³-hybridized carbons (Fsp3) is 0.333. The standard InChI is InChI=1S/C18H22N6O/c19-15-7-8-23(11-16(15)25)10-13-6-9-24-17(13)18(20-12-21-24)22-14-4-2-1-3-5-14/h1-6,9,12,15-16,25H,7-8,10-11,19H2,(H,20,21,22)/t15-,16-/m1/s1. The zero-order valence-electron chi connectivity index (χ0n) is 13.9. The van der Waals surface area contributed by atoms with Crippen LogP contribution < -0.4 is 11.1 Å². The van der Waals surface area contributed by atoms with E-state index in [0.29, 0.717) is 6.54 Å². The van der Waals surface area contributed by atoms with Gasteiger partial charge in [0.1, 0.15) is 11.8 Å². The van der Waals surface area contributed by atoms with E-state index in [0.717, 1.165) is 42.1 Å². The molecule has 3 aromatic rings. The van der Waals surface area contributed by atoms with Crippen molar-refractivity contribution in [3.05, 3.63) is 54.5 Å². The fourth-order valence-electron chi connectivity index (χ4n) is 3.30. The zero-order valence-corrected chi connectivity index (χ0v) is 13.9. The Labute approximate surface area is 146 Å². The van der Waals surface area contributed by atoms with Crippen molar-refractivity contribution in [2.24, 2.45) is 5.73 Å². The van der Waals surface area contributed by atoms with E-state index in [1.54, 1.807) is 6.33 Å². The van der Waals surface area contributed by atoms with Gasteiger partial charge < -0.3 is 16.2 Å². The van der Waals surface area contributed by atoms with E-state index < -0.39 is 6.10 Å². The van der Waals surface area contributed by atoms with Crippen molar-refractivity contribution in [3.63, 3.8) is 0 Å². The number of piperidine rings is 1. The highest BCUT2D eigenvalue weighted by Crippen LogP contribution is 2.24. The molecule has 25 heavy (non-hydrogen) atoms. The summed E-state index contributed by atoms with van der Waals surface area (Å²) in [4.78, 5) is 6.65. The van der Waals surface area contributed by atoms with E-state index >= 15 is 0 Å². The highest BCUT2D eigenvalue weighted by molar-refractivity contribution is 5.76. The molecule has 7 nitrogen and oxygen atoms in total. The van der Waals surface area contributed by atoms with Gasteiger partial charge in [0.05, 0.1) is 6.10 Å². The maximum absolute atomic E-state index is 10.0. The van der Waals surface area contributed by atoms with E-state index in [2.05, 4.69) is 26.4 Å². The quantitative estimate of drug-likeness (QED) is 0.665. The van der Waals surface area contributed by atoms with Crippen LogP contribution in [0.4, 0.5) is 11.5 Å². The van der Waals surface area contributed by atoms with Crippen LogP contribution in [0.25, 0.3) is 5.52 Å². The molecule has 1 saturated heterocycles. The molecule has 4 N–H and O–H groups in total. The van der Waals surface area contributed by atoms with Crippen molar-refractivity contribution < 1.29 is 5.11 Å². The van der Waals surface area contributed by atoms with Crippen LogP contribution in [0.1, 0.15) is 12.0 Å². The van der Waals surface area contributed by atoms with Gasteiger partial charge in [0.15, 0.2) is 5.82 Å². The molecular weight excluding hydrogens is 316 g/mol. The molecule has 0 unspecified atom stereocenters. The van der Waals surface area contributed by atoms with Gasteiger partial charge in [-0.05, 0) is 30.2 Å². The minimum absolute atomic E-state index is 0.124. The maximum Gasteiger partial charge on any atom is 0.158 e. The van der Waals surface area contributed by atoms with Gasteiger partial charge in [-0.1, -0.05) is 18.2 Å². The molecule has 2 aromatic heterocycles. The predicted octanol–water partition coefficient (Wildman–Crippen LogP) is 1.37. The Hall–Kier alpha value is -2.48. The second-order valence-corrected chi connectivity index (χ2v) is 6.49. The summed E-state index contributed by atoms with van der Waals surface area (Å²) < 4.78 is 1.83. The van der Waals surface area contributed by atoms with E-state index in [1.165, 1.54) is 0 Å². The SMILES string of the molecule is N[C@@H]1CCN(Cc2ccn3ncnc(Nc4ccccc4)c23)C[C@H]1O. The molecule has 1 fully saturated rings. The third-order valence-corrected chi connectivity index (χ3v) is 4.69. The normalized spacial score (nSPS) is 21.5. The maximum atomic E-state index is 10.0. The molecule has 0 saturated carbocycles. The number of anilines is 2. The van der Waals surface area contributed by atoms with Gasteiger partial charge in [-0.25, -0.2) is 9.50 Å². The smallest absolute Gasteiger partial charge is 0.158 e. The molecule has 0 aliphatic carbocycles. The molecule has 0 bridgehead atoms. The lowest BCUT2D eigenvalue weighted by Crippen LogP contribution is -2.50. The second kappa shape index (κ2) is 6.79. The van der Waals surface area contributed by atoms with E-state index in [1.807, 2.05) is 41.0 Å². The van der Waals surface area contributed by atoms with Crippen molar-refractivity contribution in [1.29, 1.82) is 0 Å². The van der Waals surface area contributed by atoms with E-state index in [-0.39, 0.29) is 6.04 Å². The van der Waals surface area contributed by atoms with Gasteiger partial charge >= 0.3 is 0 Å². The number of nitrogens with zero attached hydrogens (tertiary/aromatic N) is 4. The molecule has 1 aromatic carbocycles. The van der Waals surface area contributed by atoms with Gasteiger partial charge in [0.2, 0.25) is 0 Å². The third kappa shape index (κ3) is 3.34. The third-order valence-electron chi connectivity index (χ3n) is 4.69. The predicted molar refractivity (Wildman–Crippen MR) is 96.6 cm³/mol. The molecule has 130 valence electrons. The number of aliphatic hydroxyl groups excluding tert-OH is 1. The highest BCUT2D eigenvalue weighted by Gasteiger charge is 2.25. The fourth-order valence-corrected chi connectivity index (χ4v) is 3.30. The first-order chi connectivity index (χ1) is 12.2. The molecule has 1 aliphatic rings. The minimum Gasteiger partial charge on any atom is -0.390 e. The monoisotopic (exact) mass is 338 g/mol. The van der Waals surface area contributed by atoms with Crippen LogP contribution >= 0.6 is 0 Å². The summed E-state index contributed by atoms with van der Waals surface area (Å²) in [5.74, 6) is 0.774. The van der Waals surface area contributed by atoms with Crippen LogP contribution in [0.5, 0.6) is 0 Å². The number of aromatic nitrogens is 3. The molecule has 4 rings (SSSR count). The Morgan fingerprint density at radius 3 is 2.88 bits per heavy atom. The zero-order chi connectivity index (χ0) is 17.2. The number of benzene rings is 1. The second-order valence-electron chi connectivity index (χ2n) is 6.49. The molecular formula is C18H22N6O. The molecule has 1 aliphatic heterocycles. The lowest BCUT2D eigenvalue weighted by Gasteiger charge is -2.33. The number of nitrogens with one attached hydrogen (secondary N) is 1. The van der Waals surface area contributed by atoms with Gasteiger partial charge in [-0.15, -0.1) is 0 Å². The summed E-state index contributed by atoms with van der Waals surface area (Å²) in [6.07, 6.45) is 3.82.